The summed E-state index contributed by atoms with van der Waals surface area (Å²) in [6.07, 6.45) is 1.39. The van der Waals surface area contributed by atoms with Crippen LogP contribution < -0.4 is 20.5 Å². The molecule has 1 aliphatic heterocycles. The van der Waals surface area contributed by atoms with Crippen molar-refractivity contribution in [3.8, 4) is 5.75 Å². The number of para-hydroxylation sites is 2. The fraction of sp³-hybridized carbons (Fsp3) is 0.0417. The number of benzene rings is 3. The molecule has 3 aromatic carbocycles. The summed E-state index contributed by atoms with van der Waals surface area (Å²) in [4.78, 5) is 37.2. The van der Waals surface area contributed by atoms with E-state index in [-0.39, 0.29) is 33.9 Å². The highest BCUT2D eigenvalue weighted by Crippen LogP contribution is 2.35. The average Bonchev–Trinajstić information content (AvgIpc) is 3.08. The number of hydrogen-bond donors (Lipinski definition) is 2. The van der Waals surface area contributed by atoms with Gasteiger partial charge in [-0.1, -0.05) is 59.6 Å². The van der Waals surface area contributed by atoms with Gasteiger partial charge >= 0.3 is 0 Å². The van der Waals surface area contributed by atoms with Crippen LogP contribution in [0.25, 0.3) is 6.08 Å². The molecule has 0 saturated carbocycles. The van der Waals surface area contributed by atoms with Crippen molar-refractivity contribution < 1.29 is 19.1 Å². The molecule has 3 aromatic rings. The third-order valence-electron chi connectivity index (χ3n) is 4.64. The molecule has 0 aromatic heterocycles. The van der Waals surface area contributed by atoms with Gasteiger partial charge in [0.2, 0.25) is 0 Å². The van der Waals surface area contributed by atoms with Crippen LogP contribution in [0.15, 0.2) is 78.4 Å². The molecule has 4 rings (SSSR count). The fourth-order valence-electron chi connectivity index (χ4n) is 3.14. The normalized spacial score (nSPS) is 14.4. The SMILES string of the molecule is O=C(COc1c(Cl)cc(C=C2C(=O)NN(c3ccccc3)C2=O)cc1Cl)Nc1ccccc1. The van der Waals surface area contributed by atoms with E-state index in [0.717, 1.165) is 0 Å². The van der Waals surface area contributed by atoms with Gasteiger partial charge in [0.15, 0.2) is 12.4 Å². The first-order valence-corrected chi connectivity index (χ1v) is 10.6. The standard InChI is InChI=1S/C24H17Cl2N3O4/c25-19-12-15(11-18-23(31)28-29(24(18)32)17-9-5-2-6-10-17)13-20(26)22(19)33-14-21(30)27-16-7-3-1-4-8-16/h1-13H,14H2,(H,27,30)(H,28,31). The second kappa shape index (κ2) is 9.77. The van der Waals surface area contributed by atoms with Gasteiger partial charge in [-0.25, -0.2) is 5.01 Å². The van der Waals surface area contributed by atoms with Crippen LogP contribution in [0.4, 0.5) is 11.4 Å². The molecular weight excluding hydrogens is 465 g/mol. The Balaban J connectivity index is 1.48. The Morgan fingerprint density at radius 3 is 2.21 bits per heavy atom. The second-order valence-corrected chi connectivity index (χ2v) is 7.81. The fourth-order valence-corrected chi connectivity index (χ4v) is 3.75. The quantitative estimate of drug-likeness (QED) is 0.401. The minimum absolute atomic E-state index is 0.0677. The van der Waals surface area contributed by atoms with Crippen LogP contribution in [0.2, 0.25) is 10.0 Å². The lowest BCUT2D eigenvalue weighted by atomic mass is 10.1. The Hall–Kier alpha value is -3.81. The Bertz CT molecular complexity index is 1220. The molecular formula is C24H17Cl2N3O4. The third-order valence-corrected chi connectivity index (χ3v) is 5.20. The van der Waals surface area contributed by atoms with Crippen molar-refractivity contribution in [2.24, 2.45) is 0 Å². The molecule has 1 aliphatic rings. The summed E-state index contributed by atoms with van der Waals surface area (Å²) in [5.41, 5.74) is 4.06. The first-order chi connectivity index (χ1) is 15.9. The van der Waals surface area contributed by atoms with E-state index in [2.05, 4.69) is 10.7 Å². The number of amides is 3. The van der Waals surface area contributed by atoms with Crippen LogP contribution in [0.3, 0.4) is 0 Å². The molecule has 1 saturated heterocycles. The number of anilines is 2. The first-order valence-electron chi connectivity index (χ1n) is 9.81. The molecule has 9 heteroatoms. The zero-order chi connectivity index (χ0) is 23.4. The number of nitrogens with one attached hydrogen (secondary N) is 2. The van der Waals surface area contributed by atoms with E-state index in [1.54, 1.807) is 48.5 Å². The second-order valence-electron chi connectivity index (χ2n) is 6.99. The van der Waals surface area contributed by atoms with E-state index in [9.17, 15) is 14.4 Å². The summed E-state index contributed by atoms with van der Waals surface area (Å²) >= 11 is 12.6. The van der Waals surface area contributed by atoms with Gasteiger partial charge in [-0.15, -0.1) is 0 Å². The van der Waals surface area contributed by atoms with Crippen molar-refractivity contribution in [2.75, 3.05) is 16.9 Å². The molecule has 1 heterocycles. The monoisotopic (exact) mass is 481 g/mol. The van der Waals surface area contributed by atoms with Gasteiger partial charge in [0.1, 0.15) is 5.57 Å². The van der Waals surface area contributed by atoms with Gasteiger partial charge in [-0.05, 0) is 48.0 Å². The number of halogens is 2. The molecule has 0 spiro atoms. The Morgan fingerprint density at radius 1 is 0.970 bits per heavy atom. The van der Waals surface area contributed by atoms with Crippen LogP contribution >= 0.6 is 23.2 Å². The summed E-state index contributed by atoms with van der Waals surface area (Å²) < 4.78 is 5.49. The smallest absolute Gasteiger partial charge is 0.282 e. The largest absolute Gasteiger partial charge is 0.481 e. The van der Waals surface area contributed by atoms with Crippen LogP contribution in [-0.4, -0.2) is 24.3 Å². The molecule has 166 valence electrons. The lowest BCUT2D eigenvalue weighted by Gasteiger charge is -2.14. The summed E-state index contributed by atoms with van der Waals surface area (Å²) in [6.45, 7) is -0.304. The maximum atomic E-state index is 12.7. The van der Waals surface area contributed by atoms with Gasteiger partial charge in [-0.3, -0.25) is 19.8 Å². The van der Waals surface area contributed by atoms with Crippen LogP contribution in [-0.2, 0) is 14.4 Å². The van der Waals surface area contributed by atoms with Crippen LogP contribution in [0.5, 0.6) is 5.75 Å². The summed E-state index contributed by atoms with van der Waals surface area (Å²) in [7, 11) is 0. The number of hydrogen-bond acceptors (Lipinski definition) is 4. The van der Waals surface area contributed by atoms with Crippen molar-refractivity contribution in [3.63, 3.8) is 0 Å². The molecule has 0 atom stereocenters. The van der Waals surface area contributed by atoms with E-state index < -0.39 is 11.8 Å². The molecule has 0 aliphatic carbocycles. The Labute approximate surface area is 199 Å². The highest BCUT2D eigenvalue weighted by atomic mass is 35.5. The number of rotatable bonds is 6. The average molecular weight is 482 g/mol. The lowest BCUT2D eigenvalue weighted by Crippen LogP contribution is -2.35. The van der Waals surface area contributed by atoms with Crippen molar-refractivity contribution in [1.29, 1.82) is 0 Å². The van der Waals surface area contributed by atoms with Crippen molar-refractivity contribution in [2.45, 2.75) is 0 Å². The topological polar surface area (TPSA) is 87.7 Å². The van der Waals surface area contributed by atoms with E-state index in [1.807, 2.05) is 12.1 Å². The van der Waals surface area contributed by atoms with E-state index in [0.29, 0.717) is 16.9 Å². The Kier molecular flexibility index (Phi) is 6.63. The zero-order valence-corrected chi connectivity index (χ0v) is 18.6. The van der Waals surface area contributed by atoms with Gasteiger partial charge in [0.05, 0.1) is 15.7 Å². The van der Waals surface area contributed by atoms with Crippen molar-refractivity contribution in [3.05, 3.63) is 94.0 Å². The number of hydrazine groups is 1. The van der Waals surface area contributed by atoms with E-state index >= 15 is 0 Å². The Morgan fingerprint density at radius 2 is 1.58 bits per heavy atom. The summed E-state index contributed by atoms with van der Waals surface area (Å²) in [6, 6.07) is 20.7. The summed E-state index contributed by atoms with van der Waals surface area (Å²) in [5, 5.41) is 4.12. The maximum Gasteiger partial charge on any atom is 0.282 e. The highest BCUT2D eigenvalue weighted by Gasteiger charge is 2.34. The molecule has 0 bridgehead atoms. The van der Waals surface area contributed by atoms with Crippen LogP contribution in [0.1, 0.15) is 5.56 Å². The number of ether oxygens (including phenoxy) is 1. The minimum atomic E-state index is -0.547. The zero-order valence-electron chi connectivity index (χ0n) is 17.0. The molecule has 0 radical (unpaired) electrons. The predicted octanol–water partition coefficient (Wildman–Crippen LogP) is 4.47. The van der Waals surface area contributed by atoms with Gasteiger partial charge in [0, 0.05) is 5.69 Å². The highest BCUT2D eigenvalue weighted by molar-refractivity contribution is 6.37. The number of carbonyl (C=O) groups is 3. The third kappa shape index (κ3) is 5.16. The number of carbonyl (C=O) groups excluding carboxylic acids is 3. The van der Waals surface area contributed by atoms with Gasteiger partial charge in [-0.2, -0.15) is 0 Å². The molecule has 0 unspecified atom stereocenters. The van der Waals surface area contributed by atoms with E-state index in [1.165, 1.54) is 23.2 Å². The van der Waals surface area contributed by atoms with Crippen molar-refractivity contribution in [1.82, 2.24) is 5.43 Å². The first kappa shape index (κ1) is 22.4. The minimum Gasteiger partial charge on any atom is -0.481 e. The van der Waals surface area contributed by atoms with Gasteiger partial charge in [0.25, 0.3) is 17.7 Å². The molecule has 3 amide bonds. The molecule has 1 fully saturated rings. The van der Waals surface area contributed by atoms with Crippen LogP contribution in [0, 0.1) is 0 Å². The van der Waals surface area contributed by atoms with E-state index in [4.69, 9.17) is 27.9 Å². The van der Waals surface area contributed by atoms with Gasteiger partial charge < -0.3 is 10.1 Å². The lowest BCUT2D eigenvalue weighted by molar-refractivity contribution is -0.118. The number of nitrogens with zero attached hydrogens (tertiary/aromatic N) is 1. The molecule has 2 N–H and O–H groups in total. The predicted molar refractivity (Wildman–Crippen MR) is 127 cm³/mol. The maximum absolute atomic E-state index is 12.7. The summed E-state index contributed by atoms with van der Waals surface area (Å²) in [5.74, 6) is -1.31. The molecule has 33 heavy (non-hydrogen) atoms. The molecule has 7 nitrogen and oxygen atoms in total. The van der Waals surface area contributed by atoms with Crippen molar-refractivity contribution >= 4 is 58.4 Å².